The van der Waals surface area contributed by atoms with E-state index in [1.165, 1.54) is 70.6 Å². The van der Waals surface area contributed by atoms with Gasteiger partial charge in [0.05, 0.1) is 24.7 Å². The number of hydrogen-bond acceptors (Lipinski definition) is 5. The number of ether oxygens (including phenoxy) is 3. The second-order valence-corrected chi connectivity index (χ2v) is 20.1. The average molecular weight is 703 g/mol. The van der Waals surface area contributed by atoms with E-state index < -0.39 is 0 Å². The van der Waals surface area contributed by atoms with Crippen LogP contribution >= 0.6 is 0 Å². The molecule has 0 heterocycles. The molecule has 4 aliphatic carbocycles. The second kappa shape index (κ2) is 19.6. The molecule has 1 N–H and O–H groups in total. The molecule has 292 valence electrons. The first-order valence-electron chi connectivity index (χ1n) is 21.8. The van der Waals surface area contributed by atoms with Crippen molar-refractivity contribution in [2.45, 2.75) is 203 Å². The predicted molar refractivity (Wildman–Crippen MR) is 207 cm³/mol. The van der Waals surface area contributed by atoms with Gasteiger partial charge >= 0.3 is 5.97 Å². The summed E-state index contributed by atoms with van der Waals surface area (Å²) in [6.07, 6.45) is 23.0. The summed E-state index contributed by atoms with van der Waals surface area (Å²) in [4.78, 5) is 12.6. The summed E-state index contributed by atoms with van der Waals surface area (Å²) in [5.74, 6) is 6.49. The first-order chi connectivity index (χ1) is 23.6. The van der Waals surface area contributed by atoms with Crippen LogP contribution in [0.2, 0.25) is 0 Å². The zero-order valence-corrected chi connectivity index (χ0v) is 34.4. The van der Waals surface area contributed by atoms with E-state index in [9.17, 15) is 9.90 Å². The molecule has 0 saturated heterocycles. The van der Waals surface area contributed by atoms with Gasteiger partial charge in [0, 0.05) is 0 Å². The van der Waals surface area contributed by atoms with E-state index in [2.05, 4.69) is 55.4 Å². The molecule has 0 aromatic carbocycles. The molecule has 4 saturated carbocycles. The van der Waals surface area contributed by atoms with Crippen LogP contribution in [-0.2, 0) is 19.0 Å². The number of aliphatic hydroxyl groups is 1. The molecular formula is C45H82O5. The number of hydrogen-bond donors (Lipinski definition) is 1. The molecule has 5 heteroatoms. The summed E-state index contributed by atoms with van der Waals surface area (Å²) >= 11 is 0. The molecule has 0 radical (unpaired) electrons. The lowest BCUT2D eigenvalue weighted by Gasteiger charge is -2.42. The van der Waals surface area contributed by atoms with Crippen LogP contribution in [0.1, 0.15) is 184 Å². The Morgan fingerprint density at radius 3 is 1.68 bits per heavy atom. The quantitative estimate of drug-likeness (QED) is 0.105. The van der Waals surface area contributed by atoms with Gasteiger partial charge in [-0.05, 0) is 181 Å². The van der Waals surface area contributed by atoms with E-state index in [1.807, 2.05) is 6.92 Å². The van der Waals surface area contributed by atoms with Crippen LogP contribution in [0.4, 0.5) is 0 Å². The van der Waals surface area contributed by atoms with Crippen LogP contribution in [0.3, 0.4) is 0 Å². The van der Waals surface area contributed by atoms with Gasteiger partial charge in [0.15, 0.2) is 6.29 Å². The van der Waals surface area contributed by atoms with Crippen molar-refractivity contribution in [3.8, 4) is 0 Å². The highest BCUT2D eigenvalue weighted by molar-refractivity contribution is 5.72. The van der Waals surface area contributed by atoms with Crippen LogP contribution in [0.5, 0.6) is 0 Å². The molecule has 4 rings (SSSR count). The van der Waals surface area contributed by atoms with E-state index in [1.54, 1.807) is 0 Å². The van der Waals surface area contributed by atoms with Gasteiger partial charge in [-0.1, -0.05) is 61.8 Å². The summed E-state index contributed by atoms with van der Waals surface area (Å²) in [5, 5.41) is 10.3. The Morgan fingerprint density at radius 2 is 1.14 bits per heavy atom. The second-order valence-electron chi connectivity index (χ2n) is 20.1. The number of aliphatic hydroxyl groups excluding tert-OH is 1. The zero-order chi connectivity index (χ0) is 36.5. The molecule has 4 aliphatic rings. The highest BCUT2D eigenvalue weighted by Crippen LogP contribution is 2.47. The molecule has 0 amide bonds. The number of carbonyl (C=O) groups is 1. The molecule has 5 nitrogen and oxygen atoms in total. The lowest BCUT2D eigenvalue weighted by Crippen LogP contribution is -2.33. The predicted octanol–water partition coefficient (Wildman–Crippen LogP) is 11.8. The summed E-state index contributed by atoms with van der Waals surface area (Å²) < 4.78 is 17.9. The van der Waals surface area contributed by atoms with E-state index >= 15 is 0 Å². The van der Waals surface area contributed by atoms with Crippen LogP contribution in [0.15, 0.2) is 0 Å². The Labute approximate surface area is 309 Å². The van der Waals surface area contributed by atoms with Crippen molar-refractivity contribution in [1.82, 2.24) is 0 Å². The SMILES string of the molecule is CCC(CC(CC(C)C1CCC(C(C)(C)C)CC1)C1CCC(O)CC1)C1CCC(OC(C)OCCOC(=O)C2CCC(C(C)(C)C)CC2)CC1. The molecular weight excluding hydrogens is 620 g/mol. The summed E-state index contributed by atoms with van der Waals surface area (Å²) in [6.45, 7) is 22.0. The molecule has 4 atom stereocenters. The lowest BCUT2D eigenvalue weighted by atomic mass is 9.64. The van der Waals surface area contributed by atoms with Crippen molar-refractivity contribution in [2.75, 3.05) is 13.2 Å². The maximum atomic E-state index is 12.6. The monoisotopic (exact) mass is 703 g/mol. The van der Waals surface area contributed by atoms with Gasteiger partial charge in [0.2, 0.25) is 0 Å². The minimum absolute atomic E-state index is 0.0423. The Bertz CT molecular complexity index is 949. The fourth-order valence-corrected chi connectivity index (χ4v) is 11.0. The standard InChI is InChI=1S/C45H82O5/c1-10-33(30-38(36-15-23-41(46)24-16-36)29-31(2)34-11-19-39(20-12-34)44(4,5)6)35-17-25-42(26-18-35)50-32(3)48-27-28-49-43(47)37-13-21-40(22-14-37)45(7,8)9/h31-42,46H,10-30H2,1-9H3. The van der Waals surface area contributed by atoms with Crippen LogP contribution in [0.25, 0.3) is 0 Å². The maximum Gasteiger partial charge on any atom is 0.309 e. The lowest BCUT2D eigenvalue weighted by molar-refractivity contribution is -0.179. The first-order valence-corrected chi connectivity index (χ1v) is 21.8. The molecule has 0 aliphatic heterocycles. The third kappa shape index (κ3) is 13.0. The molecule has 0 spiro atoms. The van der Waals surface area contributed by atoms with Crippen molar-refractivity contribution in [2.24, 2.45) is 64.1 Å². The highest BCUT2D eigenvalue weighted by atomic mass is 16.7. The van der Waals surface area contributed by atoms with Crippen LogP contribution in [-0.4, -0.2) is 42.8 Å². The Hall–Kier alpha value is -0.650. The first kappa shape index (κ1) is 42.1. The van der Waals surface area contributed by atoms with Gasteiger partial charge in [-0.25, -0.2) is 0 Å². The van der Waals surface area contributed by atoms with Crippen molar-refractivity contribution in [3.63, 3.8) is 0 Å². The molecule has 0 bridgehead atoms. The third-order valence-corrected chi connectivity index (χ3v) is 14.7. The average Bonchev–Trinajstić information content (AvgIpc) is 3.08. The summed E-state index contributed by atoms with van der Waals surface area (Å²) in [6, 6.07) is 0. The minimum Gasteiger partial charge on any atom is -0.463 e. The van der Waals surface area contributed by atoms with Gasteiger partial charge < -0.3 is 19.3 Å². The smallest absolute Gasteiger partial charge is 0.309 e. The molecule has 4 unspecified atom stereocenters. The van der Waals surface area contributed by atoms with Crippen molar-refractivity contribution in [3.05, 3.63) is 0 Å². The van der Waals surface area contributed by atoms with Gasteiger partial charge in [-0.15, -0.1) is 0 Å². The highest BCUT2D eigenvalue weighted by Gasteiger charge is 2.37. The zero-order valence-electron chi connectivity index (χ0n) is 34.4. The van der Waals surface area contributed by atoms with E-state index in [0.717, 1.165) is 92.8 Å². The van der Waals surface area contributed by atoms with E-state index in [-0.39, 0.29) is 30.4 Å². The largest absolute Gasteiger partial charge is 0.463 e. The minimum atomic E-state index is -0.273. The fraction of sp³-hybridized carbons (Fsp3) is 0.978. The molecule has 4 fully saturated rings. The van der Waals surface area contributed by atoms with E-state index in [4.69, 9.17) is 14.2 Å². The molecule has 50 heavy (non-hydrogen) atoms. The normalized spacial score (nSPS) is 34.0. The number of carbonyl (C=O) groups excluding carboxylic acids is 1. The number of esters is 1. The summed E-state index contributed by atoms with van der Waals surface area (Å²) in [5.41, 5.74) is 0.772. The topological polar surface area (TPSA) is 65.0 Å². The Kier molecular flexibility index (Phi) is 16.5. The van der Waals surface area contributed by atoms with Gasteiger partial charge in [0.1, 0.15) is 6.61 Å². The molecule has 0 aromatic heterocycles. The van der Waals surface area contributed by atoms with Crippen LogP contribution in [0, 0.1) is 64.1 Å². The number of rotatable bonds is 15. The Balaban J connectivity index is 1.17. The van der Waals surface area contributed by atoms with Crippen molar-refractivity contribution >= 4 is 5.97 Å². The van der Waals surface area contributed by atoms with Gasteiger partial charge in [0.25, 0.3) is 0 Å². The van der Waals surface area contributed by atoms with Gasteiger partial charge in [-0.3, -0.25) is 4.79 Å². The Morgan fingerprint density at radius 1 is 0.640 bits per heavy atom. The maximum absolute atomic E-state index is 12.6. The fourth-order valence-electron chi connectivity index (χ4n) is 11.0. The van der Waals surface area contributed by atoms with Crippen LogP contribution < -0.4 is 0 Å². The molecule has 0 aromatic rings. The van der Waals surface area contributed by atoms with E-state index in [0.29, 0.717) is 30.0 Å². The van der Waals surface area contributed by atoms with Gasteiger partial charge in [-0.2, -0.15) is 0 Å². The van der Waals surface area contributed by atoms with Crippen molar-refractivity contribution in [1.29, 1.82) is 0 Å². The summed E-state index contributed by atoms with van der Waals surface area (Å²) in [7, 11) is 0. The van der Waals surface area contributed by atoms with Crippen molar-refractivity contribution < 1.29 is 24.1 Å². The third-order valence-electron chi connectivity index (χ3n) is 14.7.